The summed E-state index contributed by atoms with van der Waals surface area (Å²) in [6, 6.07) is 5.27. The lowest BCUT2D eigenvalue weighted by molar-refractivity contribution is 0.102. The van der Waals surface area contributed by atoms with Crippen LogP contribution in [0.5, 0.6) is 5.75 Å². The lowest BCUT2D eigenvalue weighted by atomic mass is 10.00. The number of thiophene rings is 1. The molecule has 0 bridgehead atoms. The number of aromatic hydroxyl groups is 1. The zero-order valence-electron chi connectivity index (χ0n) is 18.7. The average molecular weight is 460 g/mol. The highest BCUT2D eigenvalue weighted by Crippen LogP contribution is 2.27. The van der Waals surface area contributed by atoms with E-state index < -0.39 is 23.3 Å². The summed E-state index contributed by atoms with van der Waals surface area (Å²) in [4.78, 5) is 37.8. The van der Waals surface area contributed by atoms with Gasteiger partial charge in [0.25, 0.3) is 0 Å². The van der Waals surface area contributed by atoms with E-state index in [-0.39, 0.29) is 17.2 Å². The average Bonchev–Trinajstić information content (AvgIpc) is 3.12. The summed E-state index contributed by atoms with van der Waals surface area (Å²) >= 11 is 1.59. The smallest absolute Gasteiger partial charge is 0.408 e. The molecule has 1 unspecified atom stereocenters. The topological polar surface area (TPSA) is 117 Å². The van der Waals surface area contributed by atoms with E-state index in [0.29, 0.717) is 24.3 Å². The SMILES string of the molecule is CC(=Cc1ccc(CC(C)C)s1)C(=O)c1c(O)cc(C(C)CCC=CNC(=O)O)oc1=O. The third kappa shape index (κ3) is 7.23. The van der Waals surface area contributed by atoms with Crippen LogP contribution in [0.15, 0.2) is 45.3 Å². The van der Waals surface area contributed by atoms with Crippen molar-refractivity contribution in [2.45, 2.75) is 52.9 Å². The Morgan fingerprint density at radius 1 is 1.25 bits per heavy atom. The van der Waals surface area contributed by atoms with Crippen molar-refractivity contribution in [3.05, 3.63) is 67.5 Å². The first-order valence-electron chi connectivity index (χ1n) is 10.4. The summed E-state index contributed by atoms with van der Waals surface area (Å²) in [5.41, 5.74) is -0.916. The summed E-state index contributed by atoms with van der Waals surface area (Å²) in [5, 5.41) is 21.0. The standard InChI is InChI=1S/C24H29NO6S/c1-14(2)11-17-8-9-18(32-17)12-16(4)22(27)21-19(26)13-20(31-23(21)28)15(3)7-5-6-10-25-24(29)30/h6,8-10,12-15,25-26H,5,7,11H2,1-4H3,(H,29,30). The van der Waals surface area contributed by atoms with Crippen molar-refractivity contribution in [3.8, 4) is 5.75 Å². The van der Waals surface area contributed by atoms with E-state index in [4.69, 9.17) is 9.52 Å². The molecule has 1 atom stereocenters. The maximum absolute atomic E-state index is 12.8. The van der Waals surface area contributed by atoms with E-state index in [0.717, 1.165) is 11.3 Å². The number of hydrogen-bond acceptors (Lipinski definition) is 6. The Morgan fingerprint density at radius 2 is 1.97 bits per heavy atom. The second-order valence-electron chi connectivity index (χ2n) is 8.09. The largest absolute Gasteiger partial charge is 0.507 e. The van der Waals surface area contributed by atoms with Crippen LogP contribution < -0.4 is 10.9 Å². The first-order chi connectivity index (χ1) is 15.1. The molecular formula is C24H29NO6S. The van der Waals surface area contributed by atoms with Gasteiger partial charge in [0.15, 0.2) is 5.78 Å². The van der Waals surface area contributed by atoms with Gasteiger partial charge in [0.05, 0.1) is 0 Å². The summed E-state index contributed by atoms with van der Waals surface area (Å²) < 4.78 is 5.32. The molecule has 32 heavy (non-hydrogen) atoms. The third-order valence-corrected chi connectivity index (χ3v) is 5.82. The number of hydrogen-bond donors (Lipinski definition) is 3. The maximum atomic E-state index is 12.8. The van der Waals surface area contributed by atoms with Crippen LogP contribution in [0.1, 0.15) is 72.3 Å². The first kappa shape index (κ1) is 25.1. The number of carboxylic acid groups (broad SMARTS) is 1. The Kier molecular flexibility index (Phi) is 9.02. The van der Waals surface area contributed by atoms with Crippen molar-refractivity contribution in [1.29, 1.82) is 0 Å². The number of amides is 1. The molecule has 0 radical (unpaired) electrons. The molecule has 2 aromatic rings. The second kappa shape index (κ2) is 11.5. The second-order valence-corrected chi connectivity index (χ2v) is 9.29. The molecule has 7 nitrogen and oxygen atoms in total. The predicted molar refractivity (Wildman–Crippen MR) is 125 cm³/mol. The fourth-order valence-electron chi connectivity index (χ4n) is 3.11. The van der Waals surface area contributed by atoms with Crippen molar-refractivity contribution in [3.63, 3.8) is 0 Å². The fraction of sp³-hybridized carbons (Fsp3) is 0.375. The van der Waals surface area contributed by atoms with Crippen LogP contribution in [-0.2, 0) is 6.42 Å². The van der Waals surface area contributed by atoms with E-state index in [1.54, 1.807) is 30.4 Å². The highest BCUT2D eigenvalue weighted by atomic mass is 32.1. The van der Waals surface area contributed by atoms with Crippen LogP contribution in [0, 0.1) is 5.92 Å². The summed E-state index contributed by atoms with van der Waals surface area (Å²) in [6.45, 7) is 7.71. The Labute approximate surface area is 191 Å². The normalized spacial score (nSPS) is 13.0. The number of nitrogens with one attached hydrogen (secondary N) is 1. The van der Waals surface area contributed by atoms with Crippen LogP contribution in [0.3, 0.4) is 0 Å². The van der Waals surface area contributed by atoms with Gasteiger partial charge < -0.3 is 14.6 Å². The number of Topliss-reactive ketones (excluding diaryl/α,β-unsaturated/α-hetero) is 1. The molecule has 8 heteroatoms. The van der Waals surface area contributed by atoms with E-state index in [1.807, 2.05) is 19.1 Å². The highest BCUT2D eigenvalue weighted by Gasteiger charge is 2.22. The summed E-state index contributed by atoms with van der Waals surface area (Å²) in [5.74, 6) is -0.392. The van der Waals surface area contributed by atoms with Gasteiger partial charge in [0.1, 0.15) is 17.1 Å². The van der Waals surface area contributed by atoms with Crippen LogP contribution in [-0.4, -0.2) is 22.1 Å². The van der Waals surface area contributed by atoms with Crippen molar-refractivity contribution < 1.29 is 24.2 Å². The molecular weight excluding hydrogens is 430 g/mol. The Morgan fingerprint density at radius 3 is 2.59 bits per heavy atom. The predicted octanol–water partition coefficient (Wildman–Crippen LogP) is 5.56. The fourth-order valence-corrected chi connectivity index (χ4v) is 4.34. The highest BCUT2D eigenvalue weighted by molar-refractivity contribution is 7.12. The molecule has 0 saturated heterocycles. The van der Waals surface area contributed by atoms with E-state index >= 15 is 0 Å². The Bertz CT molecular complexity index is 1080. The quantitative estimate of drug-likeness (QED) is 0.316. The van der Waals surface area contributed by atoms with Gasteiger partial charge in [-0.3, -0.25) is 10.1 Å². The van der Waals surface area contributed by atoms with Gasteiger partial charge in [-0.2, -0.15) is 0 Å². The third-order valence-electron chi connectivity index (χ3n) is 4.76. The number of carbonyl (C=O) groups is 2. The van der Waals surface area contributed by atoms with E-state index in [1.165, 1.54) is 17.1 Å². The van der Waals surface area contributed by atoms with Crippen molar-refractivity contribution in [2.75, 3.05) is 0 Å². The van der Waals surface area contributed by atoms with Gasteiger partial charge in [-0.1, -0.05) is 26.8 Å². The van der Waals surface area contributed by atoms with Crippen LogP contribution in [0.2, 0.25) is 0 Å². The molecule has 0 aliphatic carbocycles. The molecule has 172 valence electrons. The Hall–Kier alpha value is -3.13. The van der Waals surface area contributed by atoms with Gasteiger partial charge in [-0.05, 0) is 55.9 Å². The summed E-state index contributed by atoms with van der Waals surface area (Å²) in [7, 11) is 0. The van der Waals surface area contributed by atoms with Crippen LogP contribution in [0.4, 0.5) is 4.79 Å². The zero-order valence-corrected chi connectivity index (χ0v) is 19.5. The zero-order chi connectivity index (χ0) is 23.8. The summed E-state index contributed by atoms with van der Waals surface area (Å²) in [6.07, 6.45) is 5.58. The van der Waals surface area contributed by atoms with Gasteiger partial charge in [-0.25, -0.2) is 9.59 Å². The molecule has 2 aromatic heterocycles. The minimum atomic E-state index is -1.15. The molecule has 0 fully saturated rings. The molecule has 0 aliphatic heterocycles. The van der Waals surface area contributed by atoms with Gasteiger partial charge in [0.2, 0.25) is 0 Å². The minimum Gasteiger partial charge on any atom is -0.507 e. The number of rotatable bonds is 10. The Balaban J connectivity index is 2.13. The molecule has 3 N–H and O–H groups in total. The van der Waals surface area contributed by atoms with Gasteiger partial charge >= 0.3 is 11.7 Å². The monoisotopic (exact) mass is 459 g/mol. The molecule has 0 aromatic carbocycles. The maximum Gasteiger partial charge on any atom is 0.408 e. The molecule has 0 spiro atoms. The molecule has 1 amide bonds. The van der Waals surface area contributed by atoms with Crippen LogP contribution in [0.25, 0.3) is 6.08 Å². The lowest BCUT2D eigenvalue weighted by Crippen LogP contribution is -2.16. The van der Waals surface area contributed by atoms with Crippen LogP contribution >= 0.6 is 11.3 Å². The first-order valence-corrected chi connectivity index (χ1v) is 11.2. The number of carbonyl (C=O) groups excluding carboxylic acids is 1. The number of ketones is 1. The van der Waals surface area contributed by atoms with Gasteiger partial charge in [0, 0.05) is 27.9 Å². The number of allylic oxidation sites excluding steroid dienone is 2. The molecule has 0 saturated carbocycles. The van der Waals surface area contributed by atoms with E-state index in [2.05, 4.69) is 19.2 Å². The van der Waals surface area contributed by atoms with Crippen molar-refractivity contribution >= 4 is 29.3 Å². The minimum absolute atomic E-state index is 0.214. The van der Waals surface area contributed by atoms with Crippen molar-refractivity contribution in [2.24, 2.45) is 5.92 Å². The molecule has 2 rings (SSSR count). The van der Waals surface area contributed by atoms with E-state index in [9.17, 15) is 19.5 Å². The molecule has 0 aliphatic rings. The van der Waals surface area contributed by atoms with Gasteiger partial charge in [-0.15, -0.1) is 11.3 Å². The van der Waals surface area contributed by atoms with Crippen molar-refractivity contribution in [1.82, 2.24) is 5.32 Å². The molecule has 2 heterocycles. The lowest BCUT2D eigenvalue weighted by Gasteiger charge is -2.11.